The lowest BCUT2D eigenvalue weighted by Gasteiger charge is -2.37. The summed E-state index contributed by atoms with van der Waals surface area (Å²) in [7, 11) is 1.84. The van der Waals surface area contributed by atoms with Crippen LogP contribution >= 0.6 is 11.3 Å². The number of morpholine rings is 1. The van der Waals surface area contributed by atoms with E-state index in [1.54, 1.807) is 11.3 Å². The van der Waals surface area contributed by atoms with E-state index in [4.69, 9.17) is 9.47 Å². The number of guanidine groups is 1. The van der Waals surface area contributed by atoms with Gasteiger partial charge >= 0.3 is 0 Å². The molecule has 1 N–H and O–H groups in total. The molecule has 24 heavy (non-hydrogen) atoms. The predicted octanol–water partition coefficient (Wildman–Crippen LogP) is 1.70. The quantitative estimate of drug-likeness (QED) is 0.646. The monoisotopic (exact) mass is 352 g/mol. The Labute approximate surface area is 148 Å². The molecule has 0 aliphatic carbocycles. The first-order valence-electron chi connectivity index (χ1n) is 8.92. The van der Waals surface area contributed by atoms with E-state index in [0.717, 1.165) is 64.5 Å². The SMILES string of the molecule is CCc1nc(CCNC(=NC)N2CCOC(C3CCCO3)C2)cs1. The highest BCUT2D eigenvalue weighted by atomic mass is 32.1. The third kappa shape index (κ3) is 4.46. The molecule has 0 spiro atoms. The summed E-state index contributed by atoms with van der Waals surface area (Å²) < 4.78 is 11.7. The van der Waals surface area contributed by atoms with E-state index < -0.39 is 0 Å². The zero-order chi connectivity index (χ0) is 16.8. The Morgan fingerprint density at radius 2 is 2.29 bits per heavy atom. The highest BCUT2D eigenvalue weighted by Crippen LogP contribution is 2.21. The van der Waals surface area contributed by atoms with Crippen LogP contribution < -0.4 is 5.32 Å². The van der Waals surface area contributed by atoms with Gasteiger partial charge in [-0.05, 0) is 19.3 Å². The molecule has 0 aromatic carbocycles. The first-order chi connectivity index (χ1) is 11.8. The van der Waals surface area contributed by atoms with Gasteiger partial charge in [-0.25, -0.2) is 4.98 Å². The molecule has 0 amide bonds. The summed E-state index contributed by atoms with van der Waals surface area (Å²) in [6.07, 6.45) is 4.59. The number of ether oxygens (including phenoxy) is 2. The molecule has 3 heterocycles. The summed E-state index contributed by atoms with van der Waals surface area (Å²) in [4.78, 5) is 11.3. The molecule has 0 radical (unpaired) electrons. The highest BCUT2D eigenvalue weighted by molar-refractivity contribution is 7.09. The van der Waals surface area contributed by atoms with Gasteiger partial charge in [0.1, 0.15) is 6.10 Å². The standard InChI is InChI=1S/C17H28N4O2S/c1-3-16-20-13(12-24-16)6-7-19-17(18-2)21-8-10-23-15(11-21)14-5-4-9-22-14/h12,14-15H,3-11H2,1-2H3,(H,18,19). The number of hydrogen-bond acceptors (Lipinski definition) is 5. The van der Waals surface area contributed by atoms with Crippen LogP contribution in [-0.2, 0) is 22.3 Å². The van der Waals surface area contributed by atoms with Gasteiger partial charge in [0, 0.05) is 45.1 Å². The molecule has 2 aliphatic heterocycles. The number of nitrogens with one attached hydrogen (secondary N) is 1. The minimum atomic E-state index is 0.158. The Bertz CT molecular complexity index is 542. The maximum Gasteiger partial charge on any atom is 0.193 e. The van der Waals surface area contributed by atoms with Crippen LogP contribution in [0.2, 0.25) is 0 Å². The number of nitrogens with zero attached hydrogens (tertiary/aromatic N) is 3. The van der Waals surface area contributed by atoms with Crippen LogP contribution in [0.5, 0.6) is 0 Å². The van der Waals surface area contributed by atoms with E-state index in [-0.39, 0.29) is 12.2 Å². The molecule has 1 aromatic rings. The van der Waals surface area contributed by atoms with Crippen LogP contribution in [0.4, 0.5) is 0 Å². The van der Waals surface area contributed by atoms with Crippen molar-refractivity contribution >= 4 is 17.3 Å². The first-order valence-corrected chi connectivity index (χ1v) is 9.80. The van der Waals surface area contributed by atoms with Crippen LogP contribution in [0, 0.1) is 0 Å². The molecule has 2 atom stereocenters. The van der Waals surface area contributed by atoms with Gasteiger partial charge in [-0.3, -0.25) is 4.99 Å². The van der Waals surface area contributed by atoms with Crippen LogP contribution in [0.25, 0.3) is 0 Å². The van der Waals surface area contributed by atoms with Crippen molar-refractivity contribution in [3.05, 3.63) is 16.1 Å². The summed E-state index contributed by atoms with van der Waals surface area (Å²) in [5, 5.41) is 6.84. The molecule has 7 heteroatoms. The first kappa shape index (κ1) is 17.6. The van der Waals surface area contributed by atoms with E-state index in [1.165, 1.54) is 10.7 Å². The average molecular weight is 353 g/mol. The number of aliphatic imine (C=N–C) groups is 1. The van der Waals surface area contributed by atoms with E-state index in [2.05, 4.69) is 32.5 Å². The molecule has 1 aromatic heterocycles. The molecule has 2 saturated heterocycles. The van der Waals surface area contributed by atoms with Gasteiger partial charge in [-0.1, -0.05) is 6.92 Å². The second-order valence-corrected chi connectivity index (χ2v) is 7.16. The molecular formula is C17H28N4O2S. The average Bonchev–Trinajstić information content (AvgIpc) is 3.30. The zero-order valence-corrected chi connectivity index (χ0v) is 15.5. The Balaban J connectivity index is 1.48. The summed E-state index contributed by atoms with van der Waals surface area (Å²) in [6.45, 7) is 6.32. The third-order valence-corrected chi connectivity index (χ3v) is 5.59. The van der Waals surface area contributed by atoms with Crippen LogP contribution in [0.1, 0.15) is 30.5 Å². The van der Waals surface area contributed by atoms with Crippen molar-refractivity contribution in [2.75, 3.05) is 39.9 Å². The minimum absolute atomic E-state index is 0.158. The molecule has 2 aliphatic rings. The second-order valence-electron chi connectivity index (χ2n) is 6.22. The maximum absolute atomic E-state index is 5.92. The van der Waals surface area contributed by atoms with Crippen LogP contribution in [-0.4, -0.2) is 67.9 Å². The van der Waals surface area contributed by atoms with Crippen LogP contribution in [0.3, 0.4) is 0 Å². The van der Waals surface area contributed by atoms with E-state index in [1.807, 2.05) is 7.05 Å². The fourth-order valence-electron chi connectivity index (χ4n) is 3.25. The predicted molar refractivity (Wildman–Crippen MR) is 96.8 cm³/mol. The Morgan fingerprint density at radius 1 is 1.42 bits per heavy atom. The lowest BCUT2D eigenvalue weighted by molar-refractivity contribution is -0.0816. The fourth-order valence-corrected chi connectivity index (χ4v) is 4.03. The summed E-state index contributed by atoms with van der Waals surface area (Å²) >= 11 is 1.75. The van der Waals surface area contributed by atoms with Gasteiger partial charge in [0.25, 0.3) is 0 Å². The largest absolute Gasteiger partial charge is 0.375 e. The van der Waals surface area contributed by atoms with Crippen molar-refractivity contribution in [2.24, 2.45) is 4.99 Å². The van der Waals surface area contributed by atoms with Crippen molar-refractivity contribution in [1.29, 1.82) is 0 Å². The summed E-state index contributed by atoms with van der Waals surface area (Å²) in [5.74, 6) is 0.951. The molecule has 134 valence electrons. The van der Waals surface area contributed by atoms with E-state index >= 15 is 0 Å². The second kappa shape index (κ2) is 8.78. The lowest BCUT2D eigenvalue weighted by Crippen LogP contribution is -2.53. The Hall–Kier alpha value is -1.18. The van der Waals surface area contributed by atoms with E-state index in [0.29, 0.717) is 0 Å². The molecule has 6 nitrogen and oxygen atoms in total. The van der Waals surface area contributed by atoms with Crippen molar-refractivity contribution in [2.45, 2.75) is 44.8 Å². The summed E-state index contributed by atoms with van der Waals surface area (Å²) in [5.41, 5.74) is 1.17. The molecule has 2 fully saturated rings. The Morgan fingerprint density at radius 3 is 3.00 bits per heavy atom. The third-order valence-electron chi connectivity index (χ3n) is 4.55. The number of hydrogen-bond donors (Lipinski definition) is 1. The maximum atomic E-state index is 5.92. The Kier molecular flexibility index (Phi) is 6.45. The molecular weight excluding hydrogens is 324 g/mol. The van der Waals surface area contributed by atoms with Gasteiger partial charge < -0.3 is 19.7 Å². The van der Waals surface area contributed by atoms with Crippen molar-refractivity contribution in [3.63, 3.8) is 0 Å². The van der Waals surface area contributed by atoms with Crippen molar-refractivity contribution in [3.8, 4) is 0 Å². The van der Waals surface area contributed by atoms with Gasteiger partial charge in [-0.2, -0.15) is 0 Å². The number of rotatable bonds is 5. The minimum Gasteiger partial charge on any atom is -0.375 e. The molecule has 0 bridgehead atoms. The lowest BCUT2D eigenvalue weighted by atomic mass is 10.1. The van der Waals surface area contributed by atoms with Gasteiger partial charge in [-0.15, -0.1) is 11.3 Å². The van der Waals surface area contributed by atoms with Crippen molar-refractivity contribution < 1.29 is 9.47 Å². The summed E-state index contributed by atoms with van der Waals surface area (Å²) in [6, 6.07) is 0. The fraction of sp³-hybridized carbons (Fsp3) is 0.765. The highest BCUT2D eigenvalue weighted by Gasteiger charge is 2.32. The zero-order valence-electron chi connectivity index (χ0n) is 14.7. The smallest absolute Gasteiger partial charge is 0.193 e. The molecule has 2 unspecified atom stereocenters. The number of aryl methyl sites for hydroxylation is 1. The van der Waals surface area contributed by atoms with E-state index in [9.17, 15) is 0 Å². The molecule has 3 rings (SSSR count). The van der Waals surface area contributed by atoms with Gasteiger partial charge in [0.05, 0.1) is 23.4 Å². The van der Waals surface area contributed by atoms with Gasteiger partial charge in [0.15, 0.2) is 5.96 Å². The van der Waals surface area contributed by atoms with Gasteiger partial charge in [0.2, 0.25) is 0 Å². The molecule has 0 saturated carbocycles. The number of thiazole rings is 1. The topological polar surface area (TPSA) is 59.0 Å². The van der Waals surface area contributed by atoms with Crippen molar-refractivity contribution in [1.82, 2.24) is 15.2 Å². The van der Waals surface area contributed by atoms with Crippen LogP contribution in [0.15, 0.2) is 10.4 Å². The normalized spacial score (nSPS) is 25.2. The number of aromatic nitrogens is 1.